The van der Waals surface area contributed by atoms with Crippen LogP contribution in [0, 0.1) is 0 Å². The van der Waals surface area contributed by atoms with Gasteiger partial charge in [-0.15, -0.1) is 0 Å². The molecule has 1 unspecified atom stereocenters. The second-order valence-electron chi connectivity index (χ2n) is 4.94. The number of carbonyl (C=O) groups is 1. The molecule has 94 valence electrons. The highest BCUT2D eigenvalue weighted by Gasteiger charge is 2.42. The van der Waals surface area contributed by atoms with E-state index in [1.165, 1.54) is 4.31 Å². The van der Waals surface area contributed by atoms with Crippen molar-refractivity contribution < 1.29 is 13.2 Å². The lowest BCUT2D eigenvalue weighted by Crippen LogP contribution is -2.59. The van der Waals surface area contributed by atoms with E-state index in [2.05, 4.69) is 5.32 Å². The van der Waals surface area contributed by atoms with Crippen molar-refractivity contribution in [2.24, 2.45) is 0 Å². The fourth-order valence-corrected chi connectivity index (χ4v) is 3.34. The Bertz CT molecular complexity index is 370. The van der Waals surface area contributed by atoms with Crippen molar-refractivity contribution in [2.75, 3.05) is 13.1 Å². The molecule has 0 aromatic carbocycles. The second kappa shape index (κ2) is 4.33. The maximum Gasteiger partial charge on any atom is 0.238 e. The highest BCUT2D eigenvalue weighted by atomic mass is 32.2. The highest BCUT2D eigenvalue weighted by molar-refractivity contribution is 7.90. The summed E-state index contributed by atoms with van der Waals surface area (Å²) in [6.07, 6.45) is 0.501. The Labute approximate surface area is 97.2 Å². The van der Waals surface area contributed by atoms with E-state index in [0.29, 0.717) is 19.5 Å². The van der Waals surface area contributed by atoms with E-state index in [-0.39, 0.29) is 5.91 Å². The van der Waals surface area contributed by atoms with Gasteiger partial charge in [-0.3, -0.25) is 4.79 Å². The van der Waals surface area contributed by atoms with Crippen LogP contribution in [0.1, 0.15) is 34.1 Å². The minimum Gasteiger partial charge on any atom is -0.353 e. The minimum atomic E-state index is -3.42. The Morgan fingerprint density at radius 3 is 2.44 bits per heavy atom. The predicted molar refractivity (Wildman–Crippen MR) is 62.5 cm³/mol. The first-order chi connectivity index (χ1) is 7.21. The molecule has 1 amide bonds. The molecule has 0 bridgehead atoms. The van der Waals surface area contributed by atoms with Crippen LogP contribution in [0.4, 0.5) is 0 Å². The van der Waals surface area contributed by atoms with Crippen molar-refractivity contribution in [1.82, 2.24) is 9.62 Å². The molecule has 0 radical (unpaired) electrons. The molecule has 16 heavy (non-hydrogen) atoms. The third-order valence-electron chi connectivity index (χ3n) is 2.75. The van der Waals surface area contributed by atoms with Gasteiger partial charge in [0.15, 0.2) is 0 Å². The van der Waals surface area contributed by atoms with Crippen LogP contribution in [0.25, 0.3) is 0 Å². The summed E-state index contributed by atoms with van der Waals surface area (Å²) in [5.74, 6) is -0.193. The molecule has 0 aromatic rings. The van der Waals surface area contributed by atoms with Gasteiger partial charge in [-0.2, -0.15) is 4.31 Å². The van der Waals surface area contributed by atoms with Gasteiger partial charge < -0.3 is 5.32 Å². The normalized spacial score (nSPS) is 24.2. The van der Waals surface area contributed by atoms with Crippen molar-refractivity contribution in [3.8, 4) is 0 Å². The van der Waals surface area contributed by atoms with Gasteiger partial charge in [0.1, 0.15) is 6.04 Å². The topological polar surface area (TPSA) is 66.5 Å². The summed E-state index contributed by atoms with van der Waals surface area (Å²) >= 11 is 0. The number of nitrogens with one attached hydrogen (secondary N) is 1. The molecular weight excluding hydrogens is 228 g/mol. The number of rotatable bonds is 2. The van der Waals surface area contributed by atoms with Crippen LogP contribution in [0.3, 0.4) is 0 Å². The molecule has 1 atom stereocenters. The average Bonchev–Trinajstić information content (AvgIpc) is 2.15. The van der Waals surface area contributed by atoms with E-state index >= 15 is 0 Å². The Hall–Kier alpha value is -0.620. The minimum absolute atomic E-state index is 0.193. The molecule has 0 saturated carbocycles. The van der Waals surface area contributed by atoms with E-state index in [0.717, 1.165) is 0 Å². The quantitative estimate of drug-likeness (QED) is 0.765. The van der Waals surface area contributed by atoms with E-state index in [1.54, 1.807) is 20.8 Å². The number of piperazine rings is 1. The molecule has 0 spiro atoms. The van der Waals surface area contributed by atoms with Crippen LogP contribution in [0.2, 0.25) is 0 Å². The van der Waals surface area contributed by atoms with Gasteiger partial charge in [-0.25, -0.2) is 8.42 Å². The molecule has 1 saturated heterocycles. The monoisotopic (exact) mass is 248 g/mol. The lowest BCUT2D eigenvalue weighted by molar-refractivity contribution is -0.126. The van der Waals surface area contributed by atoms with Gasteiger partial charge in [0.25, 0.3) is 0 Å². The van der Waals surface area contributed by atoms with Gasteiger partial charge in [-0.05, 0) is 27.2 Å². The molecule has 1 rings (SSSR count). The van der Waals surface area contributed by atoms with E-state index in [9.17, 15) is 13.2 Å². The Kier molecular flexibility index (Phi) is 3.64. The fraction of sp³-hybridized carbons (Fsp3) is 0.900. The summed E-state index contributed by atoms with van der Waals surface area (Å²) in [6.45, 7) is 7.54. The summed E-state index contributed by atoms with van der Waals surface area (Å²) < 4.78 is 25.0. The molecule has 0 aromatic heterocycles. The van der Waals surface area contributed by atoms with Gasteiger partial charge in [0.05, 0.1) is 4.75 Å². The number of hydrogen-bond acceptors (Lipinski definition) is 3. The first kappa shape index (κ1) is 13.4. The molecule has 0 aliphatic carbocycles. The lowest BCUT2D eigenvalue weighted by Gasteiger charge is -2.37. The van der Waals surface area contributed by atoms with Crippen LogP contribution in [0.15, 0.2) is 0 Å². The third kappa shape index (κ3) is 2.22. The zero-order valence-electron chi connectivity index (χ0n) is 10.3. The largest absolute Gasteiger partial charge is 0.353 e. The molecule has 1 fully saturated rings. The summed E-state index contributed by atoms with van der Waals surface area (Å²) in [7, 11) is -3.42. The molecule has 1 N–H and O–H groups in total. The molecule has 5 nitrogen and oxygen atoms in total. The van der Waals surface area contributed by atoms with Crippen LogP contribution in [-0.2, 0) is 14.8 Å². The zero-order chi connectivity index (χ0) is 12.6. The Morgan fingerprint density at radius 1 is 1.44 bits per heavy atom. The SMILES string of the molecule is CCC1C(=O)NCCN1S(=O)(=O)C(C)(C)C. The fourth-order valence-electron chi connectivity index (χ4n) is 1.72. The predicted octanol–water partition coefficient (Wildman–Crippen LogP) is 0.325. The highest BCUT2D eigenvalue weighted by Crippen LogP contribution is 2.24. The van der Waals surface area contributed by atoms with Crippen LogP contribution >= 0.6 is 0 Å². The summed E-state index contributed by atoms with van der Waals surface area (Å²) in [5, 5.41) is 2.69. The molecular formula is C10H20N2O3S. The van der Waals surface area contributed by atoms with E-state index in [1.807, 2.05) is 6.92 Å². The van der Waals surface area contributed by atoms with Crippen molar-refractivity contribution in [1.29, 1.82) is 0 Å². The summed E-state index contributed by atoms with van der Waals surface area (Å²) in [5.41, 5.74) is 0. The number of carbonyl (C=O) groups excluding carboxylic acids is 1. The van der Waals surface area contributed by atoms with E-state index in [4.69, 9.17) is 0 Å². The van der Waals surface area contributed by atoms with Gasteiger partial charge in [0, 0.05) is 13.1 Å². The lowest BCUT2D eigenvalue weighted by atomic mass is 10.2. The maximum absolute atomic E-state index is 12.3. The number of amides is 1. The van der Waals surface area contributed by atoms with Crippen molar-refractivity contribution in [3.05, 3.63) is 0 Å². The maximum atomic E-state index is 12.3. The van der Waals surface area contributed by atoms with Crippen molar-refractivity contribution in [3.63, 3.8) is 0 Å². The molecule has 6 heteroatoms. The first-order valence-corrected chi connectivity index (χ1v) is 6.95. The average molecular weight is 248 g/mol. The molecule has 1 aliphatic rings. The van der Waals surface area contributed by atoms with E-state index < -0.39 is 20.8 Å². The van der Waals surface area contributed by atoms with Gasteiger partial charge in [-0.1, -0.05) is 6.92 Å². The van der Waals surface area contributed by atoms with Crippen molar-refractivity contribution in [2.45, 2.75) is 44.9 Å². The Morgan fingerprint density at radius 2 is 2.00 bits per heavy atom. The van der Waals surface area contributed by atoms with Crippen LogP contribution in [0.5, 0.6) is 0 Å². The number of nitrogens with zero attached hydrogens (tertiary/aromatic N) is 1. The van der Waals surface area contributed by atoms with Gasteiger partial charge in [0.2, 0.25) is 15.9 Å². The number of hydrogen-bond donors (Lipinski definition) is 1. The smallest absolute Gasteiger partial charge is 0.238 e. The number of sulfonamides is 1. The second-order valence-corrected chi connectivity index (χ2v) is 7.59. The first-order valence-electron chi connectivity index (χ1n) is 5.51. The third-order valence-corrected chi connectivity index (χ3v) is 5.35. The molecule has 1 heterocycles. The molecule has 1 aliphatic heterocycles. The summed E-state index contributed by atoms with van der Waals surface area (Å²) in [4.78, 5) is 11.6. The summed E-state index contributed by atoms with van der Waals surface area (Å²) in [6, 6.07) is -0.557. The van der Waals surface area contributed by atoms with Gasteiger partial charge >= 0.3 is 0 Å². The zero-order valence-corrected chi connectivity index (χ0v) is 11.1. The Balaban J connectivity index is 3.07. The van der Waals surface area contributed by atoms with Crippen LogP contribution < -0.4 is 5.32 Å². The standard InChI is InChI=1S/C10H20N2O3S/c1-5-8-9(13)11-6-7-12(8)16(14,15)10(2,3)4/h8H,5-7H2,1-4H3,(H,11,13). The van der Waals surface area contributed by atoms with Crippen molar-refractivity contribution >= 4 is 15.9 Å². The van der Waals surface area contributed by atoms with Crippen LogP contribution in [-0.4, -0.2) is 42.5 Å².